The summed E-state index contributed by atoms with van der Waals surface area (Å²) in [5.41, 5.74) is 0.492. The van der Waals surface area contributed by atoms with E-state index in [0.29, 0.717) is 35.6 Å². The van der Waals surface area contributed by atoms with Crippen LogP contribution in [0.25, 0.3) is 5.57 Å². The summed E-state index contributed by atoms with van der Waals surface area (Å²) < 4.78 is 0. The van der Waals surface area contributed by atoms with Gasteiger partial charge in [-0.3, -0.25) is 14.7 Å². The molecule has 0 bridgehead atoms. The molecule has 26 heavy (non-hydrogen) atoms. The Kier molecular flexibility index (Phi) is 3.64. The Hall–Kier alpha value is -3.70. The van der Waals surface area contributed by atoms with Crippen LogP contribution in [0.1, 0.15) is 16.7 Å². The van der Waals surface area contributed by atoms with Gasteiger partial charge in [0, 0.05) is 12.1 Å². The zero-order valence-electron chi connectivity index (χ0n) is 13.9. The Morgan fingerprint density at radius 2 is 1.77 bits per heavy atom. The molecular formula is C21H14N4O. The second kappa shape index (κ2) is 5.98. The largest absolute Gasteiger partial charge is 0.293 e. The summed E-state index contributed by atoms with van der Waals surface area (Å²) in [4.78, 5) is 19.4. The smallest absolute Gasteiger partial charge is 0.257 e. The fraction of sp³-hybridized carbons (Fsp3) is 0.143. The second-order valence-corrected chi connectivity index (χ2v) is 6.14. The number of amidine groups is 1. The molecule has 0 aromatic heterocycles. The van der Waals surface area contributed by atoms with Gasteiger partial charge in [-0.05, 0) is 23.3 Å². The van der Waals surface area contributed by atoms with Crippen molar-refractivity contribution in [2.24, 2.45) is 4.99 Å². The Morgan fingerprint density at radius 3 is 2.50 bits per heavy atom. The number of hydrogen-bond donors (Lipinski definition) is 0. The zero-order chi connectivity index (χ0) is 18.1. The van der Waals surface area contributed by atoms with Crippen LogP contribution < -0.4 is 0 Å². The summed E-state index contributed by atoms with van der Waals surface area (Å²) in [6.45, 7) is 0.964. The highest BCUT2D eigenvalue weighted by atomic mass is 16.2. The van der Waals surface area contributed by atoms with Crippen LogP contribution in [0.3, 0.4) is 0 Å². The Balaban J connectivity index is 2.07. The molecular weight excluding hydrogens is 324 g/mol. The summed E-state index contributed by atoms with van der Waals surface area (Å²) >= 11 is 0. The molecule has 0 spiro atoms. The predicted octanol–water partition coefficient (Wildman–Crippen LogP) is 2.66. The lowest BCUT2D eigenvalue weighted by molar-refractivity contribution is -0.129. The average Bonchev–Trinajstić information content (AvgIpc) is 3.18. The van der Waals surface area contributed by atoms with E-state index >= 15 is 0 Å². The first-order chi connectivity index (χ1) is 12.7. The fourth-order valence-corrected chi connectivity index (χ4v) is 3.60. The predicted molar refractivity (Wildman–Crippen MR) is 96.9 cm³/mol. The van der Waals surface area contributed by atoms with Crippen molar-refractivity contribution in [3.63, 3.8) is 0 Å². The number of amides is 1. The molecule has 124 valence electrons. The van der Waals surface area contributed by atoms with Gasteiger partial charge in [0.2, 0.25) is 0 Å². The minimum absolute atomic E-state index is 0.323. The van der Waals surface area contributed by atoms with Crippen molar-refractivity contribution in [1.82, 2.24) is 4.90 Å². The average molecular weight is 338 g/mol. The number of carbonyl (C=O) groups excluding carboxylic acids is 1. The van der Waals surface area contributed by atoms with Gasteiger partial charge in [-0.1, -0.05) is 48.5 Å². The molecule has 0 saturated carbocycles. The number of fused-ring (bicyclic) bond motifs is 1. The van der Waals surface area contributed by atoms with Crippen LogP contribution in [0.4, 0.5) is 0 Å². The number of nitrogens with zero attached hydrogens (tertiary/aromatic N) is 4. The van der Waals surface area contributed by atoms with Crippen molar-refractivity contribution in [2.75, 3.05) is 13.1 Å². The van der Waals surface area contributed by atoms with Gasteiger partial charge >= 0.3 is 0 Å². The van der Waals surface area contributed by atoms with E-state index in [1.165, 1.54) is 0 Å². The molecule has 0 fully saturated rings. The van der Waals surface area contributed by atoms with Crippen LogP contribution in [-0.4, -0.2) is 29.7 Å². The van der Waals surface area contributed by atoms with Crippen molar-refractivity contribution in [3.8, 4) is 12.1 Å². The Labute approximate surface area is 151 Å². The quantitative estimate of drug-likeness (QED) is 0.844. The van der Waals surface area contributed by atoms with Crippen LogP contribution in [0.2, 0.25) is 0 Å². The molecule has 5 nitrogen and oxygen atoms in total. The second-order valence-electron chi connectivity index (χ2n) is 6.14. The van der Waals surface area contributed by atoms with Gasteiger partial charge < -0.3 is 0 Å². The number of hydrogen-bond acceptors (Lipinski definition) is 4. The molecule has 0 N–H and O–H groups in total. The van der Waals surface area contributed by atoms with Crippen molar-refractivity contribution in [3.05, 3.63) is 77.4 Å². The summed E-state index contributed by atoms with van der Waals surface area (Å²) in [6, 6.07) is 20.5. The minimum Gasteiger partial charge on any atom is -0.293 e. The molecule has 5 heteroatoms. The topological polar surface area (TPSA) is 80.2 Å². The van der Waals surface area contributed by atoms with Crippen LogP contribution >= 0.6 is 0 Å². The highest BCUT2D eigenvalue weighted by molar-refractivity contribution is 6.22. The number of rotatable bonds is 2. The SMILES string of the molecule is N#Cc1ccccc1[C@@]1(C#N)C(=O)N2CCN=C2C=C1c1ccccc1. The van der Waals surface area contributed by atoms with Gasteiger partial charge in [0.1, 0.15) is 5.84 Å². The van der Waals surface area contributed by atoms with Gasteiger partial charge in [0.15, 0.2) is 5.41 Å². The molecule has 0 radical (unpaired) electrons. The highest BCUT2D eigenvalue weighted by Crippen LogP contribution is 2.44. The Morgan fingerprint density at radius 1 is 1.04 bits per heavy atom. The molecule has 2 heterocycles. The summed E-state index contributed by atoms with van der Waals surface area (Å²) in [6.07, 6.45) is 1.81. The lowest BCUT2D eigenvalue weighted by Crippen LogP contribution is -2.51. The lowest BCUT2D eigenvalue weighted by atomic mass is 9.68. The molecule has 2 aliphatic rings. The van der Waals surface area contributed by atoms with Crippen molar-refractivity contribution < 1.29 is 4.79 Å². The normalized spacial score (nSPS) is 21.3. The van der Waals surface area contributed by atoms with E-state index in [-0.39, 0.29) is 5.91 Å². The van der Waals surface area contributed by atoms with E-state index in [9.17, 15) is 15.3 Å². The number of carbonyl (C=O) groups is 1. The third-order valence-corrected chi connectivity index (χ3v) is 4.82. The van der Waals surface area contributed by atoms with Crippen molar-refractivity contribution >= 4 is 17.3 Å². The summed E-state index contributed by atoms with van der Waals surface area (Å²) in [5, 5.41) is 19.8. The van der Waals surface area contributed by atoms with E-state index in [2.05, 4.69) is 17.1 Å². The van der Waals surface area contributed by atoms with Gasteiger partial charge in [-0.25, -0.2) is 0 Å². The maximum Gasteiger partial charge on any atom is 0.257 e. The molecule has 2 aromatic rings. The molecule has 2 aromatic carbocycles. The van der Waals surface area contributed by atoms with E-state index in [1.54, 1.807) is 35.2 Å². The number of benzene rings is 2. The highest BCUT2D eigenvalue weighted by Gasteiger charge is 2.52. The minimum atomic E-state index is -1.57. The van der Waals surface area contributed by atoms with Crippen LogP contribution in [0.5, 0.6) is 0 Å². The monoisotopic (exact) mass is 338 g/mol. The van der Waals surface area contributed by atoms with Crippen LogP contribution in [0.15, 0.2) is 65.7 Å². The Bertz CT molecular complexity index is 1040. The molecule has 2 aliphatic heterocycles. The zero-order valence-corrected chi connectivity index (χ0v) is 13.9. The molecule has 0 aliphatic carbocycles. The maximum atomic E-state index is 13.5. The number of nitriles is 2. The first-order valence-electron chi connectivity index (χ1n) is 8.27. The van der Waals surface area contributed by atoms with Gasteiger partial charge in [-0.2, -0.15) is 10.5 Å². The summed E-state index contributed by atoms with van der Waals surface area (Å²) in [7, 11) is 0. The molecule has 4 rings (SSSR count). The first-order valence-corrected chi connectivity index (χ1v) is 8.27. The van der Waals surface area contributed by atoms with Gasteiger partial charge in [0.05, 0.1) is 24.2 Å². The van der Waals surface area contributed by atoms with Gasteiger partial charge in [0.25, 0.3) is 5.91 Å². The molecule has 0 saturated heterocycles. The third-order valence-electron chi connectivity index (χ3n) is 4.82. The first kappa shape index (κ1) is 15.8. The number of aliphatic imine (C=N–C) groups is 1. The van der Waals surface area contributed by atoms with Crippen molar-refractivity contribution in [1.29, 1.82) is 10.5 Å². The fourth-order valence-electron chi connectivity index (χ4n) is 3.60. The standard InChI is InChI=1S/C21H14N4O/c22-13-16-8-4-5-9-17(16)21(14-23)18(15-6-2-1-3-7-15)12-19-24-10-11-25(19)20(21)26/h1-9,12H,10-11H2/t21-/m1/s1. The summed E-state index contributed by atoms with van der Waals surface area (Å²) in [5.74, 6) is 0.231. The van der Waals surface area contributed by atoms with Gasteiger partial charge in [-0.15, -0.1) is 0 Å². The third kappa shape index (κ3) is 2.08. The van der Waals surface area contributed by atoms with E-state index in [0.717, 1.165) is 5.56 Å². The van der Waals surface area contributed by atoms with Crippen molar-refractivity contribution in [2.45, 2.75) is 5.41 Å². The molecule has 0 unspecified atom stereocenters. The van der Waals surface area contributed by atoms with Crippen LogP contribution in [-0.2, 0) is 10.2 Å². The lowest BCUT2D eigenvalue weighted by Gasteiger charge is -2.37. The molecule has 1 atom stereocenters. The maximum absolute atomic E-state index is 13.5. The van der Waals surface area contributed by atoms with E-state index < -0.39 is 5.41 Å². The van der Waals surface area contributed by atoms with E-state index in [1.807, 2.05) is 30.3 Å². The van der Waals surface area contributed by atoms with Crippen LogP contribution in [0, 0.1) is 22.7 Å². The van der Waals surface area contributed by atoms with E-state index in [4.69, 9.17) is 0 Å². The molecule has 1 amide bonds.